The Morgan fingerprint density at radius 3 is 2.83 bits per heavy atom. The van der Waals surface area contributed by atoms with Gasteiger partial charge in [0.15, 0.2) is 6.29 Å². The predicted octanol–water partition coefficient (Wildman–Crippen LogP) is 2.08. The molecule has 5 nitrogen and oxygen atoms in total. The second kappa shape index (κ2) is 6.65. The van der Waals surface area contributed by atoms with Crippen LogP contribution in [0.5, 0.6) is 0 Å². The van der Waals surface area contributed by atoms with Crippen LogP contribution in [0.3, 0.4) is 0 Å². The standard InChI is InChI=1S/C12H20BrN3O2/c1-3-14-10(7-11-17-5-6-18-11)12-9(13)8-15-16(12)4-2/h8,10-11,14H,3-7H2,1-2H3. The first-order valence-electron chi connectivity index (χ1n) is 6.44. The molecule has 0 aliphatic carbocycles. The van der Waals surface area contributed by atoms with E-state index in [4.69, 9.17) is 9.47 Å². The van der Waals surface area contributed by atoms with E-state index in [1.54, 1.807) is 0 Å². The molecule has 1 N–H and O–H groups in total. The number of rotatable bonds is 6. The molecular weight excluding hydrogens is 298 g/mol. The van der Waals surface area contributed by atoms with Crippen molar-refractivity contribution in [3.05, 3.63) is 16.4 Å². The van der Waals surface area contributed by atoms with Gasteiger partial charge >= 0.3 is 0 Å². The second-order valence-electron chi connectivity index (χ2n) is 4.21. The lowest BCUT2D eigenvalue weighted by Crippen LogP contribution is -2.28. The van der Waals surface area contributed by atoms with Crippen molar-refractivity contribution in [2.24, 2.45) is 0 Å². The lowest BCUT2D eigenvalue weighted by molar-refractivity contribution is -0.0534. The summed E-state index contributed by atoms with van der Waals surface area (Å²) in [4.78, 5) is 0. The zero-order valence-electron chi connectivity index (χ0n) is 10.9. The second-order valence-corrected chi connectivity index (χ2v) is 5.06. The monoisotopic (exact) mass is 317 g/mol. The maximum atomic E-state index is 5.53. The third-order valence-corrected chi connectivity index (χ3v) is 3.64. The van der Waals surface area contributed by atoms with E-state index in [0.717, 1.165) is 24.0 Å². The van der Waals surface area contributed by atoms with Crippen LogP contribution >= 0.6 is 15.9 Å². The van der Waals surface area contributed by atoms with Gasteiger partial charge in [-0.2, -0.15) is 5.10 Å². The zero-order chi connectivity index (χ0) is 13.0. The summed E-state index contributed by atoms with van der Waals surface area (Å²) in [5, 5.41) is 7.84. The van der Waals surface area contributed by atoms with Crippen LogP contribution in [-0.4, -0.2) is 35.8 Å². The molecule has 1 aromatic heterocycles. The molecule has 1 unspecified atom stereocenters. The molecule has 0 aromatic carbocycles. The van der Waals surface area contributed by atoms with Gasteiger partial charge in [-0.15, -0.1) is 0 Å². The minimum absolute atomic E-state index is 0.110. The number of hydrogen-bond acceptors (Lipinski definition) is 4. The first-order chi connectivity index (χ1) is 8.76. The van der Waals surface area contributed by atoms with Crippen molar-refractivity contribution in [1.82, 2.24) is 15.1 Å². The Morgan fingerprint density at radius 2 is 2.22 bits per heavy atom. The van der Waals surface area contributed by atoms with Gasteiger partial charge < -0.3 is 14.8 Å². The van der Waals surface area contributed by atoms with Gasteiger partial charge in [-0.25, -0.2) is 0 Å². The molecule has 1 fully saturated rings. The summed E-state index contributed by atoms with van der Waals surface area (Å²) in [5.74, 6) is 0. The number of nitrogens with zero attached hydrogens (tertiary/aromatic N) is 2. The van der Waals surface area contributed by atoms with Gasteiger partial charge in [0, 0.05) is 13.0 Å². The van der Waals surface area contributed by atoms with Crippen molar-refractivity contribution in [2.45, 2.75) is 39.1 Å². The Balaban J connectivity index is 2.14. The first kappa shape index (κ1) is 14.0. The Labute approximate surface area is 116 Å². The molecule has 0 spiro atoms. The molecule has 2 heterocycles. The number of aryl methyl sites for hydroxylation is 1. The molecular formula is C12H20BrN3O2. The van der Waals surface area contributed by atoms with Gasteiger partial charge in [0.05, 0.1) is 35.6 Å². The fourth-order valence-electron chi connectivity index (χ4n) is 2.24. The molecule has 2 rings (SSSR count). The summed E-state index contributed by atoms with van der Waals surface area (Å²) in [6.45, 7) is 7.34. The van der Waals surface area contributed by atoms with E-state index in [-0.39, 0.29) is 12.3 Å². The van der Waals surface area contributed by atoms with Gasteiger partial charge in [0.2, 0.25) is 0 Å². The van der Waals surface area contributed by atoms with Gasteiger partial charge in [0.1, 0.15) is 0 Å². The number of halogens is 1. The quantitative estimate of drug-likeness (QED) is 0.872. The van der Waals surface area contributed by atoms with Crippen LogP contribution < -0.4 is 5.32 Å². The molecule has 6 heteroatoms. The summed E-state index contributed by atoms with van der Waals surface area (Å²) in [5.41, 5.74) is 1.17. The number of ether oxygens (including phenoxy) is 2. The minimum Gasteiger partial charge on any atom is -0.350 e. The summed E-state index contributed by atoms with van der Waals surface area (Å²) >= 11 is 3.57. The van der Waals surface area contributed by atoms with Crippen molar-refractivity contribution in [3.8, 4) is 0 Å². The summed E-state index contributed by atoms with van der Waals surface area (Å²) in [7, 11) is 0. The van der Waals surface area contributed by atoms with E-state index >= 15 is 0 Å². The van der Waals surface area contributed by atoms with Crippen LogP contribution in [-0.2, 0) is 16.0 Å². The number of hydrogen-bond donors (Lipinski definition) is 1. The average Bonchev–Trinajstić information content (AvgIpc) is 2.98. The molecule has 0 bridgehead atoms. The summed E-state index contributed by atoms with van der Waals surface area (Å²) in [6, 6.07) is 0.190. The molecule has 1 aliphatic heterocycles. The molecule has 1 saturated heterocycles. The van der Waals surface area contributed by atoms with E-state index in [1.807, 2.05) is 10.9 Å². The first-order valence-corrected chi connectivity index (χ1v) is 7.23. The summed E-state index contributed by atoms with van der Waals surface area (Å²) in [6.07, 6.45) is 2.54. The van der Waals surface area contributed by atoms with E-state index in [2.05, 4.69) is 40.2 Å². The average molecular weight is 318 g/mol. The van der Waals surface area contributed by atoms with Crippen molar-refractivity contribution in [2.75, 3.05) is 19.8 Å². The Kier molecular flexibility index (Phi) is 5.17. The fourth-order valence-corrected chi connectivity index (χ4v) is 2.82. The van der Waals surface area contributed by atoms with E-state index in [9.17, 15) is 0 Å². The van der Waals surface area contributed by atoms with Crippen LogP contribution in [0.15, 0.2) is 10.7 Å². The van der Waals surface area contributed by atoms with Crippen LogP contribution in [0.1, 0.15) is 32.0 Å². The molecule has 18 heavy (non-hydrogen) atoms. The maximum absolute atomic E-state index is 5.53. The van der Waals surface area contributed by atoms with E-state index in [1.165, 1.54) is 5.69 Å². The van der Waals surface area contributed by atoms with Crippen LogP contribution in [0.25, 0.3) is 0 Å². The normalized spacial score (nSPS) is 18.4. The third-order valence-electron chi connectivity index (χ3n) is 3.03. The predicted molar refractivity (Wildman–Crippen MR) is 72.3 cm³/mol. The van der Waals surface area contributed by atoms with Crippen molar-refractivity contribution < 1.29 is 9.47 Å². The molecule has 1 atom stereocenters. The van der Waals surface area contributed by atoms with Crippen molar-refractivity contribution in [1.29, 1.82) is 0 Å². The fraction of sp³-hybridized carbons (Fsp3) is 0.750. The van der Waals surface area contributed by atoms with Crippen LogP contribution in [0.4, 0.5) is 0 Å². The lowest BCUT2D eigenvalue weighted by atomic mass is 10.1. The van der Waals surface area contributed by atoms with E-state index in [0.29, 0.717) is 13.2 Å². The lowest BCUT2D eigenvalue weighted by Gasteiger charge is -2.22. The van der Waals surface area contributed by atoms with Crippen molar-refractivity contribution in [3.63, 3.8) is 0 Å². The highest BCUT2D eigenvalue weighted by molar-refractivity contribution is 9.10. The molecule has 0 radical (unpaired) electrons. The SMILES string of the molecule is CCNC(CC1OCCO1)c1c(Br)cnn1CC. The highest BCUT2D eigenvalue weighted by atomic mass is 79.9. The van der Waals surface area contributed by atoms with Crippen LogP contribution in [0, 0.1) is 0 Å². The molecule has 0 amide bonds. The van der Waals surface area contributed by atoms with Crippen molar-refractivity contribution >= 4 is 15.9 Å². The Bertz CT molecular complexity index is 377. The highest BCUT2D eigenvalue weighted by Crippen LogP contribution is 2.28. The maximum Gasteiger partial charge on any atom is 0.159 e. The Morgan fingerprint density at radius 1 is 1.50 bits per heavy atom. The largest absolute Gasteiger partial charge is 0.350 e. The smallest absolute Gasteiger partial charge is 0.159 e. The van der Waals surface area contributed by atoms with E-state index < -0.39 is 0 Å². The Hall–Kier alpha value is -0.430. The minimum atomic E-state index is -0.110. The molecule has 0 saturated carbocycles. The summed E-state index contributed by atoms with van der Waals surface area (Å²) < 4.78 is 14.1. The topological polar surface area (TPSA) is 48.3 Å². The van der Waals surface area contributed by atoms with Gasteiger partial charge in [-0.1, -0.05) is 6.92 Å². The molecule has 1 aliphatic rings. The molecule has 1 aromatic rings. The number of aromatic nitrogens is 2. The van der Waals surface area contributed by atoms with Gasteiger partial charge in [-0.05, 0) is 29.4 Å². The third kappa shape index (κ3) is 3.12. The number of nitrogens with one attached hydrogen (secondary N) is 1. The van der Waals surface area contributed by atoms with Crippen LogP contribution in [0.2, 0.25) is 0 Å². The molecule has 102 valence electrons. The highest BCUT2D eigenvalue weighted by Gasteiger charge is 2.25. The zero-order valence-corrected chi connectivity index (χ0v) is 12.4. The van der Waals surface area contributed by atoms with Gasteiger partial charge in [0.25, 0.3) is 0 Å². The van der Waals surface area contributed by atoms with Gasteiger partial charge in [-0.3, -0.25) is 4.68 Å².